The zero-order chi connectivity index (χ0) is 14.2. The minimum absolute atomic E-state index is 0.0929. The summed E-state index contributed by atoms with van der Waals surface area (Å²) in [6.07, 6.45) is 0. The van der Waals surface area contributed by atoms with Crippen LogP contribution in [-0.2, 0) is 13.6 Å². The van der Waals surface area contributed by atoms with Crippen molar-refractivity contribution >= 4 is 21.6 Å². The van der Waals surface area contributed by atoms with E-state index in [0.717, 1.165) is 28.0 Å². The number of rotatable bonds is 3. The van der Waals surface area contributed by atoms with Crippen molar-refractivity contribution in [2.45, 2.75) is 13.5 Å². The second kappa shape index (κ2) is 5.24. The molecular weight excluding hydrogens is 323 g/mol. The van der Waals surface area contributed by atoms with Gasteiger partial charge in [0.05, 0.1) is 28.1 Å². The van der Waals surface area contributed by atoms with E-state index in [2.05, 4.69) is 26.3 Å². The maximum atomic E-state index is 13.5. The van der Waals surface area contributed by atoms with Crippen LogP contribution in [0.5, 0.6) is 0 Å². The zero-order valence-electron chi connectivity index (χ0n) is 10.3. The minimum Gasteiger partial charge on any atom is -0.377 e. The van der Waals surface area contributed by atoms with Gasteiger partial charge in [-0.15, -0.1) is 0 Å². The molecule has 102 valence electrons. The number of nitrogens with zero attached hydrogens (tertiary/aromatic N) is 2. The summed E-state index contributed by atoms with van der Waals surface area (Å²) in [6, 6.07) is 2.04. The molecule has 0 amide bonds. The van der Waals surface area contributed by atoms with E-state index in [-0.39, 0.29) is 12.2 Å². The highest BCUT2D eigenvalue weighted by Gasteiger charge is 2.15. The molecule has 0 atom stereocenters. The molecule has 0 aliphatic carbocycles. The van der Waals surface area contributed by atoms with Crippen molar-refractivity contribution in [1.29, 1.82) is 0 Å². The van der Waals surface area contributed by atoms with Crippen LogP contribution >= 0.6 is 15.9 Å². The third-order valence-corrected chi connectivity index (χ3v) is 3.77. The van der Waals surface area contributed by atoms with Crippen LogP contribution < -0.4 is 5.32 Å². The predicted octanol–water partition coefficient (Wildman–Crippen LogP) is 3.52. The monoisotopic (exact) mass is 333 g/mol. The molecule has 0 spiro atoms. The fourth-order valence-electron chi connectivity index (χ4n) is 1.71. The van der Waals surface area contributed by atoms with E-state index in [9.17, 15) is 13.2 Å². The Kier molecular flexibility index (Phi) is 3.84. The molecule has 0 saturated carbocycles. The maximum Gasteiger partial charge on any atom is 0.196 e. The van der Waals surface area contributed by atoms with Crippen LogP contribution in [0.15, 0.2) is 16.6 Å². The average molecular weight is 334 g/mol. The number of hydrogen-bond acceptors (Lipinski definition) is 2. The lowest BCUT2D eigenvalue weighted by atomic mass is 10.2. The Hall–Kier alpha value is -1.50. The van der Waals surface area contributed by atoms with Crippen LogP contribution in [0.3, 0.4) is 0 Å². The van der Waals surface area contributed by atoms with Crippen LogP contribution in [0.1, 0.15) is 11.4 Å². The highest BCUT2D eigenvalue weighted by atomic mass is 79.9. The third kappa shape index (κ3) is 2.60. The summed E-state index contributed by atoms with van der Waals surface area (Å²) in [4.78, 5) is 0. The quantitative estimate of drug-likeness (QED) is 0.871. The van der Waals surface area contributed by atoms with Crippen LogP contribution in [0.25, 0.3) is 0 Å². The molecule has 1 aromatic carbocycles. The molecular formula is C12H11BrF3N3. The molecule has 0 bridgehead atoms. The van der Waals surface area contributed by atoms with Crippen molar-refractivity contribution in [2.75, 3.05) is 5.32 Å². The second-order valence-electron chi connectivity index (χ2n) is 4.05. The molecule has 19 heavy (non-hydrogen) atoms. The number of hydrogen-bond donors (Lipinski definition) is 1. The van der Waals surface area contributed by atoms with E-state index in [4.69, 9.17) is 0 Å². The molecule has 1 aromatic heterocycles. The van der Waals surface area contributed by atoms with Gasteiger partial charge in [-0.2, -0.15) is 5.10 Å². The van der Waals surface area contributed by atoms with Gasteiger partial charge in [0.25, 0.3) is 0 Å². The van der Waals surface area contributed by atoms with Gasteiger partial charge >= 0.3 is 0 Å². The SMILES string of the molecule is Cc1nn(C)c(CNc2ccc(F)c(F)c2F)c1Br. The molecule has 0 aliphatic heterocycles. The van der Waals surface area contributed by atoms with Crippen molar-refractivity contribution in [2.24, 2.45) is 7.05 Å². The second-order valence-corrected chi connectivity index (χ2v) is 4.84. The maximum absolute atomic E-state index is 13.5. The van der Waals surface area contributed by atoms with E-state index in [1.807, 2.05) is 6.92 Å². The largest absolute Gasteiger partial charge is 0.377 e. The zero-order valence-corrected chi connectivity index (χ0v) is 11.9. The van der Waals surface area contributed by atoms with Crippen molar-refractivity contribution in [3.63, 3.8) is 0 Å². The fraction of sp³-hybridized carbons (Fsp3) is 0.250. The Labute approximate surface area is 116 Å². The summed E-state index contributed by atoms with van der Waals surface area (Å²) in [5.74, 6) is -3.92. The van der Waals surface area contributed by atoms with Gasteiger partial charge in [-0.05, 0) is 35.0 Å². The first-order chi connectivity index (χ1) is 8.91. The molecule has 0 radical (unpaired) electrons. The topological polar surface area (TPSA) is 29.9 Å². The lowest BCUT2D eigenvalue weighted by Crippen LogP contribution is -2.08. The van der Waals surface area contributed by atoms with Crippen molar-refractivity contribution in [3.8, 4) is 0 Å². The van der Waals surface area contributed by atoms with Gasteiger partial charge in [0.2, 0.25) is 0 Å². The lowest BCUT2D eigenvalue weighted by molar-refractivity contribution is 0.449. The lowest BCUT2D eigenvalue weighted by Gasteiger charge is -2.09. The van der Waals surface area contributed by atoms with Gasteiger partial charge < -0.3 is 5.32 Å². The van der Waals surface area contributed by atoms with Gasteiger partial charge in [0, 0.05) is 7.05 Å². The van der Waals surface area contributed by atoms with Crippen LogP contribution in [0.4, 0.5) is 18.9 Å². The van der Waals surface area contributed by atoms with Gasteiger partial charge in [-0.3, -0.25) is 4.68 Å². The van der Waals surface area contributed by atoms with Crippen molar-refractivity contribution in [1.82, 2.24) is 9.78 Å². The normalized spacial score (nSPS) is 10.8. The van der Waals surface area contributed by atoms with Gasteiger partial charge in [0.15, 0.2) is 17.5 Å². The van der Waals surface area contributed by atoms with E-state index in [1.165, 1.54) is 0 Å². The first kappa shape index (κ1) is 13.9. The number of benzene rings is 1. The highest BCUT2D eigenvalue weighted by molar-refractivity contribution is 9.10. The Balaban J connectivity index is 2.22. The Morgan fingerprint density at radius 1 is 1.26 bits per heavy atom. The number of anilines is 1. The van der Waals surface area contributed by atoms with Crippen molar-refractivity contribution < 1.29 is 13.2 Å². The average Bonchev–Trinajstić information content (AvgIpc) is 2.61. The standard InChI is InChI=1S/C12H11BrF3N3/c1-6-10(13)9(19(2)18-6)5-17-8-4-3-7(14)11(15)12(8)16/h3-4,17H,5H2,1-2H3. The number of aryl methyl sites for hydroxylation is 2. The molecule has 0 aliphatic rings. The van der Waals surface area contributed by atoms with Crippen LogP contribution in [0, 0.1) is 24.4 Å². The molecule has 0 fully saturated rings. The van der Waals surface area contributed by atoms with E-state index < -0.39 is 17.5 Å². The molecule has 0 unspecified atom stereocenters. The summed E-state index contributed by atoms with van der Waals surface area (Å²) in [5, 5.41) is 6.90. The minimum atomic E-state index is -1.48. The summed E-state index contributed by atoms with van der Waals surface area (Å²) in [7, 11) is 1.75. The Morgan fingerprint density at radius 3 is 2.53 bits per heavy atom. The Morgan fingerprint density at radius 2 is 1.95 bits per heavy atom. The molecule has 3 nitrogen and oxygen atoms in total. The Bertz CT molecular complexity index is 625. The smallest absolute Gasteiger partial charge is 0.196 e. The van der Waals surface area contributed by atoms with E-state index in [0.29, 0.717) is 0 Å². The summed E-state index contributed by atoms with van der Waals surface area (Å²) < 4.78 is 41.7. The highest BCUT2D eigenvalue weighted by Crippen LogP contribution is 2.23. The van der Waals surface area contributed by atoms with Gasteiger partial charge in [0.1, 0.15) is 0 Å². The van der Waals surface area contributed by atoms with E-state index >= 15 is 0 Å². The molecule has 1 heterocycles. The van der Waals surface area contributed by atoms with Crippen LogP contribution in [0.2, 0.25) is 0 Å². The van der Waals surface area contributed by atoms with Crippen molar-refractivity contribution in [3.05, 3.63) is 45.4 Å². The fourth-order valence-corrected chi connectivity index (χ4v) is 2.19. The number of aromatic nitrogens is 2. The molecule has 7 heteroatoms. The summed E-state index contributed by atoms with van der Waals surface area (Å²) in [5.41, 5.74) is 1.48. The first-order valence-corrected chi connectivity index (χ1v) is 6.26. The van der Waals surface area contributed by atoms with E-state index in [1.54, 1.807) is 11.7 Å². The summed E-state index contributed by atoms with van der Waals surface area (Å²) >= 11 is 3.37. The number of nitrogens with one attached hydrogen (secondary N) is 1. The van der Waals surface area contributed by atoms with Crippen LogP contribution in [-0.4, -0.2) is 9.78 Å². The third-order valence-electron chi connectivity index (χ3n) is 2.74. The molecule has 1 N–H and O–H groups in total. The van der Waals surface area contributed by atoms with Gasteiger partial charge in [-0.1, -0.05) is 0 Å². The van der Waals surface area contributed by atoms with Gasteiger partial charge in [-0.25, -0.2) is 13.2 Å². The number of halogens is 4. The molecule has 2 rings (SSSR count). The molecule has 0 saturated heterocycles. The predicted molar refractivity (Wildman–Crippen MR) is 69.3 cm³/mol. The molecule has 2 aromatic rings. The first-order valence-electron chi connectivity index (χ1n) is 5.47. The summed E-state index contributed by atoms with van der Waals surface area (Å²) in [6.45, 7) is 2.06.